The number of hydrogen-bond donors (Lipinski definition) is 0. The fraction of sp³-hybridized carbons (Fsp3) is 0. The van der Waals surface area contributed by atoms with Crippen LogP contribution in [0.3, 0.4) is 0 Å². The van der Waals surface area contributed by atoms with Crippen LogP contribution in [-0.2, 0) is 0 Å². The minimum Gasteiger partial charge on any atom is -0.438 e. The van der Waals surface area contributed by atoms with Gasteiger partial charge in [0.25, 0.3) is 0 Å². The highest BCUT2D eigenvalue weighted by Crippen LogP contribution is 2.38. The first-order chi connectivity index (χ1) is 27.2. The predicted molar refractivity (Wildman–Crippen MR) is 227 cm³/mol. The molecule has 2 heterocycles. The minimum absolute atomic E-state index is 0.576. The topological polar surface area (TPSA) is 38.9 Å². The van der Waals surface area contributed by atoms with Gasteiger partial charge in [-0.05, 0) is 79.9 Å². The molecular formula is C52H34N2O. The second-order valence-electron chi connectivity index (χ2n) is 13.8. The van der Waals surface area contributed by atoms with Crippen molar-refractivity contribution in [1.82, 2.24) is 9.97 Å². The Morgan fingerprint density at radius 2 is 0.673 bits per heavy atom. The van der Waals surface area contributed by atoms with Crippen LogP contribution in [0.15, 0.2) is 211 Å². The van der Waals surface area contributed by atoms with Gasteiger partial charge in [-0.2, -0.15) is 4.98 Å². The van der Waals surface area contributed by atoms with E-state index in [0.29, 0.717) is 11.5 Å². The number of fused-ring (bicyclic) bond motifs is 3. The van der Waals surface area contributed by atoms with E-state index < -0.39 is 0 Å². The Kier molecular flexibility index (Phi) is 8.16. The maximum atomic E-state index is 6.39. The van der Waals surface area contributed by atoms with Gasteiger partial charge in [0, 0.05) is 16.5 Å². The van der Waals surface area contributed by atoms with E-state index >= 15 is 0 Å². The van der Waals surface area contributed by atoms with Crippen LogP contribution in [0.5, 0.6) is 0 Å². The van der Waals surface area contributed by atoms with Crippen LogP contribution in [-0.4, -0.2) is 9.97 Å². The highest BCUT2D eigenvalue weighted by atomic mass is 16.3. The molecule has 0 spiro atoms. The molecule has 10 aromatic rings. The molecule has 258 valence electrons. The Morgan fingerprint density at radius 3 is 1.22 bits per heavy atom. The van der Waals surface area contributed by atoms with Crippen molar-refractivity contribution in [3.63, 3.8) is 0 Å². The molecule has 0 bridgehead atoms. The van der Waals surface area contributed by atoms with E-state index in [4.69, 9.17) is 14.4 Å². The monoisotopic (exact) mass is 702 g/mol. The Balaban J connectivity index is 1.01. The fourth-order valence-electron chi connectivity index (χ4n) is 7.49. The molecule has 55 heavy (non-hydrogen) atoms. The predicted octanol–water partition coefficient (Wildman–Crippen LogP) is 14.0. The summed E-state index contributed by atoms with van der Waals surface area (Å²) in [6.45, 7) is 0. The molecule has 0 atom stereocenters. The first-order valence-electron chi connectivity index (χ1n) is 18.6. The molecular weight excluding hydrogens is 669 g/mol. The number of nitrogens with zero attached hydrogens (tertiary/aromatic N) is 2. The van der Waals surface area contributed by atoms with Crippen LogP contribution in [0.25, 0.3) is 100 Å². The van der Waals surface area contributed by atoms with E-state index in [1.54, 1.807) is 0 Å². The summed E-state index contributed by atoms with van der Waals surface area (Å²) in [4.78, 5) is 10.3. The standard InChI is InChI=1S/C52H34N2O/c1-3-12-35(13-4-1)37-24-26-38(27-25-37)39-28-30-40(31-29-39)50-49-47-22-7-8-23-48(47)55-52(49)54-51(53-50)46-21-11-20-45(34-46)44-19-10-18-43(33-44)42-17-9-16-41(32-42)36-14-5-2-6-15-36/h1-34H. The molecule has 10 rings (SSSR count). The van der Waals surface area contributed by atoms with Crippen molar-refractivity contribution in [2.45, 2.75) is 0 Å². The van der Waals surface area contributed by atoms with Gasteiger partial charge in [0.1, 0.15) is 5.58 Å². The summed E-state index contributed by atoms with van der Waals surface area (Å²) in [7, 11) is 0. The lowest BCUT2D eigenvalue weighted by Gasteiger charge is -2.11. The van der Waals surface area contributed by atoms with Gasteiger partial charge < -0.3 is 4.42 Å². The van der Waals surface area contributed by atoms with Crippen LogP contribution in [0.1, 0.15) is 0 Å². The highest BCUT2D eigenvalue weighted by molar-refractivity contribution is 6.10. The normalized spacial score (nSPS) is 11.3. The number of para-hydroxylation sites is 1. The van der Waals surface area contributed by atoms with Crippen molar-refractivity contribution in [3.8, 4) is 78.3 Å². The molecule has 3 heteroatoms. The van der Waals surface area contributed by atoms with Crippen LogP contribution in [0.2, 0.25) is 0 Å². The molecule has 0 N–H and O–H groups in total. The summed E-state index contributed by atoms with van der Waals surface area (Å²) < 4.78 is 6.39. The number of benzene rings is 8. The second-order valence-corrected chi connectivity index (χ2v) is 13.8. The third kappa shape index (κ3) is 6.28. The molecule has 0 aliphatic heterocycles. The Labute approximate surface area is 319 Å². The van der Waals surface area contributed by atoms with E-state index in [9.17, 15) is 0 Å². The summed E-state index contributed by atoms with van der Waals surface area (Å²) in [5.41, 5.74) is 15.8. The Hall–Kier alpha value is -7.36. The lowest BCUT2D eigenvalue weighted by Crippen LogP contribution is -1.94. The summed E-state index contributed by atoms with van der Waals surface area (Å²) in [6.07, 6.45) is 0. The smallest absolute Gasteiger partial charge is 0.231 e. The van der Waals surface area contributed by atoms with E-state index in [1.807, 2.05) is 24.3 Å². The lowest BCUT2D eigenvalue weighted by atomic mass is 9.95. The van der Waals surface area contributed by atoms with E-state index in [2.05, 4.69) is 182 Å². The summed E-state index contributed by atoms with van der Waals surface area (Å²) in [5, 5.41) is 1.92. The molecule has 2 aromatic heterocycles. The van der Waals surface area contributed by atoms with Gasteiger partial charge in [-0.1, -0.05) is 182 Å². The quantitative estimate of drug-likeness (QED) is 0.166. The highest BCUT2D eigenvalue weighted by Gasteiger charge is 2.19. The van der Waals surface area contributed by atoms with E-state index in [1.165, 1.54) is 38.9 Å². The first-order valence-corrected chi connectivity index (χ1v) is 18.6. The summed E-state index contributed by atoms with van der Waals surface area (Å²) in [5.74, 6) is 0.621. The van der Waals surface area contributed by atoms with Crippen molar-refractivity contribution < 1.29 is 4.42 Å². The third-order valence-electron chi connectivity index (χ3n) is 10.3. The molecule has 0 fully saturated rings. The molecule has 3 nitrogen and oxygen atoms in total. The van der Waals surface area contributed by atoms with Crippen LogP contribution in [0.4, 0.5) is 0 Å². The molecule has 0 saturated heterocycles. The maximum Gasteiger partial charge on any atom is 0.231 e. The lowest BCUT2D eigenvalue weighted by molar-refractivity contribution is 0.653. The number of hydrogen-bond acceptors (Lipinski definition) is 3. The van der Waals surface area contributed by atoms with Gasteiger partial charge in [-0.15, -0.1) is 0 Å². The van der Waals surface area contributed by atoms with Gasteiger partial charge in [0.15, 0.2) is 5.82 Å². The van der Waals surface area contributed by atoms with Gasteiger partial charge in [0.2, 0.25) is 5.71 Å². The largest absolute Gasteiger partial charge is 0.438 e. The molecule has 0 aliphatic carbocycles. The van der Waals surface area contributed by atoms with Gasteiger partial charge in [-0.25, -0.2) is 4.98 Å². The van der Waals surface area contributed by atoms with Crippen molar-refractivity contribution in [3.05, 3.63) is 206 Å². The first kappa shape index (κ1) is 32.3. The minimum atomic E-state index is 0.576. The maximum absolute atomic E-state index is 6.39. The summed E-state index contributed by atoms with van der Waals surface area (Å²) in [6, 6.07) is 72.4. The molecule has 0 radical (unpaired) electrons. The zero-order valence-electron chi connectivity index (χ0n) is 29.9. The molecule has 0 aliphatic rings. The molecule has 0 saturated carbocycles. The molecule has 8 aromatic carbocycles. The average Bonchev–Trinajstić information content (AvgIpc) is 3.66. The van der Waals surface area contributed by atoms with Crippen molar-refractivity contribution in [2.75, 3.05) is 0 Å². The van der Waals surface area contributed by atoms with Crippen LogP contribution >= 0.6 is 0 Å². The fourth-order valence-corrected chi connectivity index (χ4v) is 7.49. The van der Waals surface area contributed by atoms with Gasteiger partial charge in [0.05, 0.1) is 11.1 Å². The third-order valence-corrected chi connectivity index (χ3v) is 10.3. The van der Waals surface area contributed by atoms with E-state index in [-0.39, 0.29) is 0 Å². The zero-order valence-corrected chi connectivity index (χ0v) is 29.9. The summed E-state index contributed by atoms with van der Waals surface area (Å²) >= 11 is 0. The van der Waals surface area contributed by atoms with E-state index in [0.717, 1.165) is 49.9 Å². The molecule has 0 unspecified atom stereocenters. The number of furan rings is 1. The Morgan fingerprint density at radius 1 is 0.291 bits per heavy atom. The molecule has 0 amide bonds. The Bertz CT molecular complexity index is 2950. The number of aromatic nitrogens is 2. The second kappa shape index (κ2) is 13.9. The van der Waals surface area contributed by atoms with Gasteiger partial charge >= 0.3 is 0 Å². The number of rotatable bonds is 7. The SMILES string of the molecule is c1ccc(-c2ccc(-c3ccc(-c4nc(-c5cccc(-c6cccc(-c7cccc(-c8ccccc8)c7)c6)c5)nc5oc6ccccc6c45)cc3)cc2)cc1. The van der Waals surface area contributed by atoms with Gasteiger partial charge in [-0.3, -0.25) is 0 Å². The van der Waals surface area contributed by atoms with Crippen molar-refractivity contribution >= 4 is 22.1 Å². The van der Waals surface area contributed by atoms with Crippen molar-refractivity contribution in [2.24, 2.45) is 0 Å². The van der Waals surface area contributed by atoms with Crippen LogP contribution in [0, 0.1) is 0 Å². The van der Waals surface area contributed by atoms with Crippen LogP contribution < -0.4 is 0 Å². The van der Waals surface area contributed by atoms with Crippen molar-refractivity contribution in [1.29, 1.82) is 0 Å². The zero-order chi connectivity index (χ0) is 36.6. The average molecular weight is 703 g/mol.